The van der Waals surface area contributed by atoms with E-state index < -0.39 is 0 Å². The molecule has 0 aliphatic rings. The lowest BCUT2D eigenvalue weighted by Crippen LogP contribution is -1.97. The summed E-state index contributed by atoms with van der Waals surface area (Å²) in [7, 11) is 3.17. The van der Waals surface area contributed by atoms with Crippen LogP contribution in [0.1, 0.15) is 18.4 Å². The van der Waals surface area contributed by atoms with E-state index in [1.807, 2.05) is 49.4 Å². The lowest BCUT2D eigenvalue weighted by molar-refractivity contribution is 0.307. The van der Waals surface area contributed by atoms with Crippen molar-refractivity contribution in [3.63, 3.8) is 0 Å². The van der Waals surface area contributed by atoms with Crippen LogP contribution in [0, 0.1) is 0 Å². The fourth-order valence-corrected chi connectivity index (χ4v) is 4.00. The number of imidazole rings is 1. The van der Waals surface area contributed by atoms with E-state index >= 15 is 0 Å². The number of ether oxygens (including phenoxy) is 3. The van der Waals surface area contributed by atoms with Crippen LogP contribution in [0.25, 0.3) is 39.5 Å². The molecule has 4 heterocycles. The molecule has 0 radical (unpaired) electrons. The first-order valence-electron chi connectivity index (χ1n) is 11.7. The Labute approximate surface area is 211 Å². The quantitative estimate of drug-likeness (QED) is 0.275. The van der Waals surface area contributed by atoms with Gasteiger partial charge < -0.3 is 23.0 Å². The standard InChI is InChI=1S/C27H23N5O5/c1-4-25-31-32-14-21(30-27(32)37-25)24-11-19-22(9-18(33-2)10-23(19)36-24)35-15-16-6-5-7-17(8-16)20-12-29-26(34-3)13-28-20/h5-14H,4,15H2,1-3H3. The van der Waals surface area contributed by atoms with Crippen molar-refractivity contribution in [2.45, 2.75) is 20.0 Å². The highest BCUT2D eigenvalue weighted by molar-refractivity contribution is 5.89. The molecule has 4 aromatic heterocycles. The second-order valence-corrected chi connectivity index (χ2v) is 8.28. The van der Waals surface area contributed by atoms with E-state index in [0.717, 1.165) is 22.2 Å². The first kappa shape index (κ1) is 22.6. The van der Waals surface area contributed by atoms with Gasteiger partial charge in [0, 0.05) is 24.1 Å². The molecule has 0 saturated heterocycles. The SMILES string of the molecule is CCc1nn2cc(-c3cc4c(OCc5cccc(-c6cnc(OC)cn6)c5)cc(OC)cc4o3)nc2o1. The van der Waals surface area contributed by atoms with Gasteiger partial charge in [-0.05, 0) is 17.7 Å². The third-order valence-electron chi connectivity index (χ3n) is 5.90. The summed E-state index contributed by atoms with van der Waals surface area (Å²) in [5.41, 5.74) is 3.89. The van der Waals surface area contributed by atoms with Gasteiger partial charge in [0.05, 0.1) is 43.9 Å². The molecular weight excluding hydrogens is 474 g/mol. The van der Waals surface area contributed by atoms with Crippen molar-refractivity contribution in [2.24, 2.45) is 0 Å². The third-order valence-corrected chi connectivity index (χ3v) is 5.90. The van der Waals surface area contributed by atoms with Gasteiger partial charge in [0.15, 0.2) is 5.76 Å². The molecule has 0 bridgehead atoms. The largest absolute Gasteiger partial charge is 0.496 e. The van der Waals surface area contributed by atoms with Crippen molar-refractivity contribution in [3.05, 3.63) is 72.5 Å². The van der Waals surface area contributed by atoms with Crippen molar-refractivity contribution < 1.29 is 23.0 Å². The molecule has 186 valence electrons. The number of benzene rings is 2. The number of hydrogen-bond donors (Lipinski definition) is 0. The molecule has 0 unspecified atom stereocenters. The zero-order valence-corrected chi connectivity index (χ0v) is 20.5. The Morgan fingerprint density at radius 1 is 0.946 bits per heavy atom. The number of aryl methyl sites for hydroxylation is 1. The van der Waals surface area contributed by atoms with E-state index in [2.05, 4.69) is 20.1 Å². The maximum Gasteiger partial charge on any atom is 0.325 e. The van der Waals surface area contributed by atoms with Crippen molar-refractivity contribution >= 4 is 16.8 Å². The Morgan fingerprint density at radius 3 is 2.62 bits per heavy atom. The molecule has 0 N–H and O–H groups in total. The highest BCUT2D eigenvalue weighted by Gasteiger charge is 2.17. The smallest absolute Gasteiger partial charge is 0.325 e. The predicted molar refractivity (Wildman–Crippen MR) is 135 cm³/mol. The van der Waals surface area contributed by atoms with Crippen molar-refractivity contribution in [1.82, 2.24) is 24.6 Å². The molecule has 2 aromatic carbocycles. The van der Waals surface area contributed by atoms with Gasteiger partial charge in [0.25, 0.3) is 0 Å². The molecule has 0 aliphatic heterocycles. The average Bonchev–Trinajstić information content (AvgIpc) is 3.65. The predicted octanol–water partition coefficient (Wildman–Crippen LogP) is 5.35. The molecule has 0 atom stereocenters. The van der Waals surface area contributed by atoms with Crippen LogP contribution in [0.2, 0.25) is 0 Å². The van der Waals surface area contributed by atoms with Crippen molar-refractivity contribution in [1.29, 1.82) is 0 Å². The number of rotatable bonds is 8. The van der Waals surface area contributed by atoms with Gasteiger partial charge >= 0.3 is 5.84 Å². The summed E-state index contributed by atoms with van der Waals surface area (Å²) in [6.07, 6.45) is 5.75. The normalized spacial score (nSPS) is 11.3. The maximum atomic E-state index is 6.25. The maximum absolute atomic E-state index is 6.25. The Balaban J connectivity index is 1.28. The summed E-state index contributed by atoms with van der Waals surface area (Å²) in [4.78, 5) is 13.2. The first-order chi connectivity index (χ1) is 18.1. The van der Waals surface area contributed by atoms with E-state index in [4.69, 9.17) is 23.0 Å². The van der Waals surface area contributed by atoms with Crippen LogP contribution in [0.3, 0.4) is 0 Å². The molecular formula is C27H23N5O5. The first-order valence-corrected chi connectivity index (χ1v) is 11.7. The minimum atomic E-state index is 0.335. The zero-order valence-electron chi connectivity index (χ0n) is 20.5. The van der Waals surface area contributed by atoms with Crippen LogP contribution < -0.4 is 14.2 Å². The molecule has 6 aromatic rings. The summed E-state index contributed by atoms with van der Waals surface area (Å²) >= 11 is 0. The molecule has 6 rings (SSSR count). The van der Waals surface area contributed by atoms with Gasteiger partial charge in [-0.15, -0.1) is 5.10 Å². The second kappa shape index (κ2) is 9.30. The molecule has 0 saturated carbocycles. The van der Waals surface area contributed by atoms with Gasteiger partial charge in [-0.1, -0.05) is 25.1 Å². The van der Waals surface area contributed by atoms with Crippen LogP contribution in [0.15, 0.2) is 69.9 Å². The van der Waals surface area contributed by atoms with Crippen LogP contribution in [-0.4, -0.2) is 38.8 Å². The Hall–Kier alpha value is -4.86. The monoisotopic (exact) mass is 497 g/mol. The number of methoxy groups -OCH3 is 2. The molecule has 10 heteroatoms. The Bertz CT molecular complexity index is 1670. The number of hydrogen-bond acceptors (Lipinski definition) is 9. The third kappa shape index (κ3) is 4.33. The number of aromatic nitrogens is 5. The van der Waals surface area contributed by atoms with Gasteiger partial charge in [-0.3, -0.25) is 0 Å². The average molecular weight is 498 g/mol. The zero-order chi connectivity index (χ0) is 25.4. The lowest BCUT2D eigenvalue weighted by Gasteiger charge is -2.10. The molecule has 0 fully saturated rings. The topological polar surface area (TPSA) is 110 Å². The van der Waals surface area contributed by atoms with Crippen molar-refractivity contribution in [3.8, 4) is 40.1 Å². The summed E-state index contributed by atoms with van der Waals surface area (Å²) < 4.78 is 30.2. The van der Waals surface area contributed by atoms with E-state index in [0.29, 0.717) is 59.2 Å². The fourth-order valence-electron chi connectivity index (χ4n) is 4.00. The number of furan rings is 1. The van der Waals surface area contributed by atoms with Gasteiger partial charge in [0.2, 0.25) is 11.8 Å². The highest BCUT2D eigenvalue weighted by Crippen LogP contribution is 2.37. The van der Waals surface area contributed by atoms with Crippen LogP contribution >= 0.6 is 0 Å². The number of fused-ring (bicyclic) bond motifs is 2. The number of nitrogens with zero attached hydrogens (tertiary/aromatic N) is 5. The minimum Gasteiger partial charge on any atom is -0.496 e. The Kier molecular flexibility index (Phi) is 5.68. The molecule has 37 heavy (non-hydrogen) atoms. The summed E-state index contributed by atoms with van der Waals surface area (Å²) in [6, 6.07) is 13.5. The molecule has 10 nitrogen and oxygen atoms in total. The molecule has 0 amide bonds. The van der Waals surface area contributed by atoms with Crippen molar-refractivity contribution in [2.75, 3.05) is 14.2 Å². The van der Waals surface area contributed by atoms with E-state index in [-0.39, 0.29) is 0 Å². The summed E-state index contributed by atoms with van der Waals surface area (Å²) in [5, 5.41) is 5.17. The van der Waals surface area contributed by atoms with E-state index in [1.54, 1.807) is 37.3 Å². The second-order valence-electron chi connectivity index (χ2n) is 8.28. The summed E-state index contributed by atoms with van der Waals surface area (Å²) in [5.74, 6) is 3.35. The Morgan fingerprint density at radius 2 is 1.86 bits per heavy atom. The summed E-state index contributed by atoms with van der Waals surface area (Å²) in [6.45, 7) is 2.31. The molecule has 0 aliphatic carbocycles. The van der Waals surface area contributed by atoms with Crippen LogP contribution in [-0.2, 0) is 13.0 Å². The van der Waals surface area contributed by atoms with Gasteiger partial charge in [-0.25, -0.2) is 9.97 Å². The van der Waals surface area contributed by atoms with E-state index in [9.17, 15) is 0 Å². The minimum absolute atomic E-state index is 0.335. The lowest BCUT2D eigenvalue weighted by atomic mass is 10.1. The molecule has 0 spiro atoms. The van der Waals surface area contributed by atoms with Gasteiger partial charge in [0.1, 0.15) is 29.4 Å². The fraction of sp³-hybridized carbons (Fsp3) is 0.185. The van der Waals surface area contributed by atoms with E-state index in [1.165, 1.54) is 0 Å². The highest BCUT2D eigenvalue weighted by atomic mass is 16.5. The van der Waals surface area contributed by atoms with Crippen LogP contribution in [0.5, 0.6) is 17.4 Å². The van der Waals surface area contributed by atoms with Crippen LogP contribution in [0.4, 0.5) is 0 Å². The van der Waals surface area contributed by atoms with Gasteiger partial charge in [-0.2, -0.15) is 9.50 Å².